The van der Waals surface area contributed by atoms with Gasteiger partial charge in [-0.3, -0.25) is 0 Å². The Kier molecular flexibility index (Phi) is 7.04. The lowest BCUT2D eigenvalue weighted by molar-refractivity contribution is 0.251. The second kappa shape index (κ2) is 8.79. The molecule has 1 saturated carbocycles. The predicted molar refractivity (Wildman–Crippen MR) is 83.5 cm³/mol. The van der Waals surface area contributed by atoms with Crippen LogP contribution in [-0.4, -0.2) is 11.8 Å². The summed E-state index contributed by atoms with van der Waals surface area (Å²) in [5, 5.41) is 3.58. The molecular weight excluding hydrogens is 292 g/mol. The van der Waals surface area contributed by atoms with Gasteiger partial charge in [0.2, 0.25) is 0 Å². The van der Waals surface area contributed by atoms with Crippen LogP contribution in [0.3, 0.4) is 0 Å². The van der Waals surface area contributed by atoms with Crippen LogP contribution in [0.4, 0.5) is 8.78 Å². The first kappa shape index (κ1) is 16.8. The summed E-state index contributed by atoms with van der Waals surface area (Å²) in [5.41, 5.74) is 0. The number of alkyl halides is 2. The number of hydrogen-bond donors (Lipinski definition) is 1. The van der Waals surface area contributed by atoms with Crippen molar-refractivity contribution in [3.63, 3.8) is 0 Å². The lowest BCUT2D eigenvalue weighted by Gasteiger charge is -2.30. The lowest BCUT2D eigenvalue weighted by Crippen LogP contribution is -2.36. The molecule has 1 fully saturated rings. The van der Waals surface area contributed by atoms with Crippen molar-refractivity contribution in [1.82, 2.24) is 5.32 Å². The fraction of sp³-hybridized carbons (Fsp3) is 0.750. The quantitative estimate of drug-likeness (QED) is 0.715. The zero-order valence-corrected chi connectivity index (χ0v) is 13.4. The summed E-state index contributed by atoms with van der Waals surface area (Å²) in [6, 6.07) is 4.23. The first-order valence-corrected chi connectivity index (χ1v) is 8.94. The Hall–Kier alpha value is -0.550. The molecule has 0 saturated heterocycles. The van der Waals surface area contributed by atoms with Crippen LogP contribution in [0.2, 0.25) is 0 Å². The van der Waals surface area contributed by atoms with Crippen molar-refractivity contribution in [3.05, 3.63) is 23.7 Å². The molecule has 1 aliphatic rings. The van der Waals surface area contributed by atoms with E-state index >= 15 is 0 Å². The third-order valence-electron chi connectivity index (χ3n) is 4.27. The smallest absolute Gasteiger partial charge is 0.284 e. The Morgan fingerprint density at radius 3 is 2.62 bits per heavy atom. The van der Waals surface area contributed by atoms with E-state index in [4.69, 9.17) is 4.42 Å². The van der Waals surface area contributed by atoms with Crippen molar-refractivity contribution in [1.29, 1.82) is 0 Å². The maximum atomic E-state index is 12.1. The SMILES string of the molecule is CCC(NCc1ccc(CSC(F)F)o1)C1CCCCC1. The van der Waals surface area contributed by atoms with Crippen molar-refractivity contribution in [3.8, 4) is 0 Å². The minimum absolute atomic E-state index is 0.234. The minimum atomic E-state index is -2.34. The molecule has 5 heteroatoms. The zero-order valence-electron chi connectivity index (χ0n) is 12.6. The van der Waals surface area contributed by atoms with Gasteiger partial charge in [0.1, 0.15) is 11.5 Å². The fourth-order valence-electron chi connectivity index (χ4n) is 3.15. The van der Waals surface area contributed by atoms with E-state index in [1.165, 1.54) is 32.1 Å². The molecule has 1 aliphatic carbocycles. The summed E-state index contributed by atoms with van der Waals surface area (Å²) in [7, 11) is 0. The lowest BCUT2D eigenvalue weighted by atomic mass is 9.83. The summed E-state index contributed by atoms with van der Waals surface area (Å²) in [6.45, 7) is 2.91. The topological polar surface area (TPSA) is 25.2 Å². The number of halogens is 2. The Labute approximate surface area is 130 Å². The van der Waals surface area contributed by atoms with Gasteiger partial charge in [0.25, 0.3) is 5.76 Å². The van der Waals surface area contributed by atoms with Crippen molar-refractivity contribution in [2.45, 2.75) is 69.5 Å². The molecule has 0 amide bonds. The summed E-state index contributed by atoms with van der Waals surface area (Å²) >= 11 is 0.602. The third kappa shape index (κ3) is 5.62. The Morgan fingerprint density at radius 2 is 1.95 bits per heavy atom. The molecule has 1 aromatic rings. The molecule has 0 radical (unpaired) electrons. The molecule has 1 atom stereocenters. The molecule has 0 aromatic carbocycles. The van der Waals surface area contributed by atoms with Gasteiger partial charge in [-0.25, -0.2) is 0 Å². The maximum absolute atomic E-state index is 12.1. The standard InChI is InChI=1S/C16H25F2NOS/c1-2-15(12-6-4-3-5-7-12)19-10-13-8-9-14(20-13)11-21-16(17)18/h8-9,12,15-16,19H,2-7,10-11H2,1H3. The highest BCUT2D eigenvalue weighted by molar-refractivity contribution is 7.98. The average Bonchev–Trinajstić information content (AvgIpc) is 2.95. The molecule has 2 nitrogen and oxygen atoms in total. The van der Waals surface area contributed by atoms with E-state index in [0.717, 1.165) is 18.1 Å². The van der Waals surface area contributed by atoms with Crippen LogP contribution in [0, 0.1) is 5.92 Å². The van der Waals surface area contributed by atoms with Crippen molar-refractivity contribution in [2.75, 3.05) is 0 Å². The van der Waals surface area contributed by atoms with Crippen molar-refractivity contribution < 1.29 is 13.2 Å². The number of thioether (sulfide) groups is 1. The van der Waals surface area contributed by atoms with Gasteiger partial charge in [-0.2, -0.15) is 8.78 Å². The van der Waals surface area contributed by atoms with Gasteiger partial charge in [-0.1, -0.05) is 37.9 Å². The first-order chi connectivity index (χ1) is 10.2. The fourth-order valence-corrected chi connectivity index (χ4v) is 3.60. The van der Waals surface area contributed by atoms with Crippen molar-refractivity contribution in [2.24, 2.45) is 5.92 Å². The first-order valence-electron chi connectivity index (χ1n) is 7.89. The van der Waals surface area contributed by atoms with Crippen LogP contribution in [0.25, 0.3) is 0 Å². The zero-order chi connectivity index (χ0) is 15.1. The van der Waals surface area contributed by atoms with Crippen LogP contribution in [0.5, 0.6) is 0 Å². The number of furan rings is 1. The highest BCUT2D eigenvalue weighted by Gasteiger charge is 2.22. The molecule has 1 unspecified atom stereocenters. The molecular formula is C16H25F2NOS. The van der Waals surface area contributed by atoms with Crippen LogP contribution in [0.15, 0.2) is 16.5 Å². The highest BCUT2D eigenvalue weighted by atomic mass is 32.2. The molecule has 1 N–H and O–H groups in total. The van der Waals surface area contributed by atoms with E-state index in [9.17, 15) is 8.78 Å². The van der Waals surface area contributed by atoms with Crippen LogP contribution < -0.4 is 5.32 Å². The molecule has 0 aliphatic heterocycles. The van der Waals surface area contributed by atoms with Crippen LogP contribution in [-0.2, 0) is 12.3 Å². The van der Waals surface area contributed by atoms with Crippen molar-refractivity contribution >= 4 is 11.8 Å². The van der Waals surface area contributed by atoms with Gasteiger partial charge in [0.15, 0.2) is 0 Å². The summed E-state index contributed by atoms with van der Waals surface area (Å²) < 4.78 is 29.9. The molecule has 120 valence electrons. The van der Waals surface area contributed by atoms with E-state index in [1.54, 1.807) is 6.07 Å². The van der Waals surface area contributed by atoms with E-state index in [2.05, 4.69) is 12.2 Å². The van der Waals surface area contributed by atoms with E-state index in [1.807, 2.05) is 6.07 Å². The van der Waals surface area contributed by atoms with Gasteiger partial charge in [-0.05, 0) is 37.3 Å². The minimum Gasteiger partial charge on any atom is -0.464 e. The van der Waals surface area contributed by atoms with E-state index in [-0.39, 0.29) is 5.75 Å². The third-order valence-corrected chi connectivity index (χ3v) is 4.97. The molecule has 21 heavy (non-hydrogen) atoms. The normalized spacial score (nSPS) is 18.3. The number of hydrogen-bond acceptors (Lipinski definition) is 3. The molecule has 0 bridgehead atoms. The van der Waals surface area contributed by atoms with Crippen LogP contribution in [0.1, 0.15) is 57.0 Å². The number of rotatable bonds is 8. The Bertz CT molecular complexity index is 405. The number of nitrogens with one attached hydrogen (secondary N) is 1. The van der Waals surface area contributed by atoms with Gasteiger partial charge < -0.3 is 9.73 Å². The maximum Gasteiger partial charge on any atom is 0.284 e. The Morgan fingerprint density at radius 1 is 1.24 bits per heavy atom. The van der Waals surface area contributed by atoms with Gasteiger partial charge in [-0.15, -0.1) is 0 Å². The Balaban J connectivity index is 1.78. The van der Waals surface area contributed by atoms with Gasteiger partial charge in [0, 0.05) is 6.04 Å². The molecule has 0 spiro atoms. The van der Waals surface area contributed by atoms with E-state index in [0.29, 0.717) is 30.1 Å². The summed E-state index contributed by atoms with van der Waals surface area (Å²) in [5.74, 6) is 0.134. The van der Waals surface area contributed by atoms with Gasteiger partial charge >= 0.3 is 0 Å². The largest absolute Gasteiger partial charge is 0.464 e. The predicted octanol–water partition coefficient (Wildman–Crippen LogP) is 5.18. The highest BCUT2D eigenvalue weighted by Crippen LogP contribution is 2.28. The summed E-state index contributed by atoms with van der Waals surface area (Å²) in [4.78, 5) is 0. The molecule has 2 rings (SSSR count). The van der Waals surface area contributed by atoms with E-state index < -0.39 is 5.76 Å². The van der Waals surface area contributed by atoms with Crippen LogP contribution >= 0.6 is 11.8 Å². The monoisotopic (exact) mass is 317 g/mol. The molecule has 1 aromatic heterocycles. The second-order valence-electron chi connectivity index (χ2n) is 5.73. The second-order valence-corrected chi connectivity index (χ2v) is 6.71. The average molecular weight is 317 g/mol. The molecule has 1 heterocycles. The summed E-state index contributed by atoms with van der Waals surface area (Å²) in [6.07, 6.45) is 7.83. The van der Waals surface area contributed by atoms with Gasteiger partial charge in [0.05, 0.1) is 12.3 Å².